The van der Waals surface area contributed by atoms with Gasteiger partial charge in [-0.1, -0.05) is 13.0 Å². The lowest BCUT2D eigenvalue weighted by atomic mass is 10.2. The zero-order valence-electron chi connectivity index (χ0n) is 11.3. The van der Waals surface area contributed by atoms with E-state index in [1.165, 1.54) is 12.1 Å². The van der Waals surface area contributed by atoms with Crippen LogP contribution in [-0.2, 0) is 4.74 Å². The van der Waals surface area contributed by atoms with E-state index in [4.69, 9.17) is 9.47 Å². The molecule has 0 radical (unpaired) electrons. The summed E-state index contributed by atoms with van der Waals surface area (Å²) >= 11 is 0. The molecular formula is C14H22FNO2. The lowest BCUT2D eigenvalue weighted by Gasteiger charge is -2.20. The molecule has 0 saturated carbocycles. The minimum atomic E-state index is -0.284. The quantitative estimate of drug-likeness (QED) is 0.724. The van der Waals surface area contributed by atoms with Gasteiger partial charge in [-0.3, -0.25) is 0 Å². The van der Waals surface area contributed by atoms with E-state index in [2.05, 4.69) is 12.2 Å². The number of benzene rings is 1. The Bertz CT molecular complexity index is 358. The van der Waals surface area contributed by atoms with Crippen LogP contribution in [0.3, 0.4) is 0 Å². The lowest BCUT2D eigenvalue weighted by molar-refractivity contribution is 0.0800. The molecule has 0 spiro atoms. The van der Waals surface area contributed by atoms with Crippen molar-refractivity contribution < 1.29 is 13.9 Å². The molecule has 0 fully saturated rings. The van der Waals surface area contributed by atoms with Crippen molar-refractivity contribution in [2.24, 2.45) is 0 Å². The molecule has 1 aromatic carbocycles. The van der Waals surface area contributed by atoms with Gasteiger partial charge in [-0.05, 0) is 31.5 Å². The van der Waals surface area contributed by atoms with Gasteiger partial charge in [0, 0.05) is 19.7 Å². The first kappa shape index (κ1) is 14.9. The summed E-state index contributed by atoms with van der Waals surface area (Å²) in [6.07, 6.45) is 0.959. The van der Waals surface area contributed by atoms with Gasteiger partial charge < -0.3 is 14.8 Å². The van der Waals surface area contributed by atoms with E-state index in [9.17, 15) is 4.39 Å². The van der Waals surface area contributed by atoms with E-state index in [1.54, 1.807) is 13.2 Å². The largest absolute Gasteiger partial charge is 0.486 e. The molecule has 0 amide bonds. The van der Waals surface area contributed by atoms with E-state index in [0.29, 0.717) is 18.9 Å². The molecule has 1 unspecified atom stereocenters. The van der Waals surface area contributed by atoms with Crippen molar-refractivity contribution in [3.05, 3.63) is 29.6 Å². The Kier molecular flexibility index (Phi) is 6.68. The molecule has 4 heteroatoms. The fourth-order valence-corrected chi connectivity index (χ4v) is 1.64. The van der Waals surface area contributed by atoms with Crippen LogP contribution in [-0.4, -0.2) is 32.9 Å². The van der Waals surface area contributed by atoms with Crippen molar-refractivity contribution in [2.45, 2.75) is 26.4 Å². The predicted molar refractivity (Wildman–Crippen MR) is 70.6 cm³/mol. The summed E-state index contributed by atoms with van der Waals surface area (Å²) in [5.41, 5.74) is 0.924. The molecule has 0 aliphatic carbocycles. The number of aryl methyl sites for hydroxylation is 1. The summed E-state index contributed by atoms with van der Waals surface area (Å²) in [6.45, 7) is 6.12. The maximum atomic E-state index is 13.2. The third-order valence-electron chi connectivity index (χ3n) is 2.60. The van der Waals surface area contributed by atoms with Crippen molar-refractivity contribution in [1.29, 1.82) is 0 Å². The van der Waals surface area contributed by atoms with Gasteiger partial charge in [0.15, 0.2) is 0 Å². The second-order valence-corrected chi connectivity index (χ2v) is 4.31. The molecule has 0 bridgehead atoms. The number of ether oxygens (including phenoxy) is 2. The maximum absolute atomic E-state index is 13.2. The van der Waals surface area contributed by atoms with Crippen LogP contribution in [0.2, 0.25) is 0 Å². The molecule has 0 aromatic heterocycles. The first-order chi connectivity index (χ1) is 8.67. The molecule has 1 N–H and O–H groups in total. The van der Waals surface area contributed by atoms with E-state index in [1.807, 2.05) is 6.92 Å². The van der Waals surface area contributed by atoms with Crippen LogP contribution in [0.1, 0.15) is 18.9 Å². The van der Waals surface area contributed by atoms with E-state index in [0.717, 1.165) is 18.5 Å². The third-order valence-corrected chi connectivity index (χ3v) is 2.60. The van der Waals surface area contributed by atoms with E-state index < -0.39 is 0 Å². The summed E-state index contributed by atoms with van der Waals surface area (Å²) in [4.78, 5) is 0. The van der Waals surface area contributed by atoms with Crippen LogP contribution in [0, 0.1) is 12.7 Å². The summed E-state index contributed by atoms with van der Waals surface area (Å²) in [5, 5.41) is 3.28. The highest BCUT2D eigenvalue weighted by Gasteiger charge is 2.12. The molecule has 0 aliphatic rings. The zero-order valence-corrected chi connectivity index (χ0v) is 11.3. The maximum Gasteiger partial charge on any atom is 0.134 e. The molecule has 0 saturated heterocycles. The Hall–Kier alpha value is -1.13. The highest BCUT2D eigenvalue weighted by Crippen LogP contribution is 2.20. The van der Waals surface area contributed by atoms with Gasteiger partial charge in [0.25, 0.3) is 0 Å². The first-order valence-corrected chi connectivity index (χ1v) is 6.29. The van der Waals surface area contributed by atoms with Crippen molar-refractivity contribution in [2.75, 3.05) is 26.8 Å². The number of halogens is 1. The number of hydrogen-bond acceptors (Lipinski definition) is 3. The predicted octanol–water partition coefficient (Wildman–Crippen LogP) is 2.53. The SMILES string of the molecule is CCCNCC(COC)Oc1cc(F)ccc1C. The molecule has 18 heavy (non-hydrogen) atoms. The van der Waals surface area contributed by atoms with Gasteiger partial charge in [0.2, 0.25) is 0 Å². The van der Waals surface area contributed by atoms with Crippen LogP contribution in [0.15, 0.2) is 18.2 Å². The Morgan fingerprint density at radius 2 is 2.17 bits per heavy atom. The number of hydrogen-bond donors (Lipinski definition) is 1. The average Bonchev–Trinajstić information content (AvgIpc) is 2.34. The van der Waals surface area contributed by atoms with E-state index in [-0.39, 0.29) is 11.9 Å². The Morgan fingerprint density at radius 3 is 2.83 bits per heavy atom. The highest BCUT2D eigenvalue weighted by atomic mass is 19.1. The third kappa shape index (κ3) is 5.02. The van der Waals surface area contributed by atoms with Crippen LogP contribution in [0.25, 0.3) is 0 Å². The summed E-state index contributed by atoms with van der Waals surface area (Å²) in [5.74, 6) is 0.295. The monoisotopic (exact) mass is 255 g/mol. The topological polar surface area (TPSA) is 30.5 Å². The summed E-state index contributed by atoms with van der Waals surface area (Å²) in [6, 6.07) is 4.56. The molecule has 1 aromatic rings. The molecule has 1 atom stereocenters. The minimum Gasteiger partial charge on any atom is -0.486 e. The van der Waals surface area contributed by atoms with Gasteiger partial charge in [0.1, 0.15) is 17.7 Å². The number of nitrogens with one attached hydrogen (secondary N) is 1. The molecule has 102 valence electrons. The van der Waals surface area contributed by atoms with Crippen molar-refractivity contribution in [3.8, 4) is 5.75 Å². The average molecular weight is 255 g/mol. The second-order valence-electron chi connectivity index (χ2n) is 4.31. The van der Waals surface area contributed by atoms with Gasteiger partial charge in [-0.15, -0.1) is 0 Å². The van der Waals surface area contributed by atoms with Gasteiger partial charge in [0.05, 0.1) is 6.61 Å². The Morgan fingerprint density at radius 1 is 1.39 bits per heavy atom. The minimum absolute atomic E-state index is 0.109. The Labute approximate surface area is 108 Å². The van der Waals surface area contributed by atoms with Crippen LogP contribution in [0.4, 0.5) is 4.39 Å². The van der Waals surface area contributed by atoms with Crippen LogP contribution >= 0.6 is 0 Å². The fraction of sp³-hybridized carbons (Fsp3) is 0.571. The molecule has 0 aliphatic heterocycles. The second kappa shape index (κ2) is 8.06. The number of methoxy groups -OCH3 is 1. The smallest absolute Gasteiger partial charge is 0.134 e. The Balaban J connectivity index is 2.60. The van der Waals surface area contributed by atoms with Crippen molar-refractivity contribution in [1.82, 2.24) is 5.32 Å². The highest BCUT2D eigenvalue weighted by molar-refractivity contribution is 5.32. The molecule has 0 heterocycles. The van der Waals surface area contributed by atoms with Crippen molar-refractivity contribution >= 4 is 0 Å². The molecule has 3 nitrogen and oxygen atoms in total. The fourth-order valence-electron chi connectivity index (χ4n) is 1.64. The van der Waals surface area contributed by atoms with E-state index >= 15 is 0 Å². The van der Waals surface area contributed by atoms with Gasteiger partial charge >= 0.3 is 0 Å². The normalized spacial score (nSPS) is 12.4. The molecular weight excluding hydrogens is 233 g/mol. The standard InChI is InChI=1S/C14H22FNO2/c1-4-7-16-9-13(10-17-3)18-14-8-12(15)6-5-11(14)2/h5-6,8,13,16H,4,7,9-10H2,1-3H3. The van der Waals surface area contributed by atoms with Gasteiger partial charge in [-0.2, -0.15) is 0 Å². The summed E-state index contributed by atoms with van der Waals surface area (Å²) < 4.78 is 24.1. The van der Waals surface area contributed by atoms with Crippen LogP contribution < -0.4 is 10.1 Å². The lowest BCUT2D eigenvalue weighted by Crippen LogP contribution is -2.35. The number of rotatable bonds is 8. The molecule has 1 rings (SSSR count). The zero-order chi connectivity index (χ0) is 13.4. The van der Waals surface area contributed by atoms with Crippen molar-refractivity contribution in [3.63, 3.8) is 0 Å². The van der Waals surface area contributed by atoms with Crippen LogP contribution in [0.5, 0.6) is 5.75 Å². The van der Waals surface area contributed by atoms with Gasteiger partial charge in [-0.25, -0.2) is 4.39 Å². The summed E-state index contributed by atoms with van der Waals surface area (Å²) in [7, 11) is 1.63. The first-order valence-electron chi connectivity index (χ1n) is 6.29.